The molecule has 0 saturated heterocycles. The third-order valence-electron chi connectivity index (χ3n) is 5.18. The maximum absolute atomic E-state index is 12.8. The number of nitrogens with two attached hydrogens (primary N) is 1. The Morgan fingerprint density at radius 2 is 1.97 bits per heavy atom. The summed E-state index contributed by atoms with van der Waals surface area (Å²) in [5, 5.41) is 4.26. The number of ketones is 1. The molecular formula is C19H19N5O6. The van der Waals surface area contributed by atoms with Crippen LogP contribution in [0.25, 0.3) is 11.1 Å². The average molecular weight is 413 g/mol. The smallest absolute Gasteiger partial charge is 0.339 e. The average Bonchev–Trinajstić information content (AvgIpc) is 3.52. The summed E-state index contributed by atoms with van der Waals surface area (Å²) in [7, 11) is 2.57. The molecule has 0 atom stereocenters. The van der Waals surface area contributed by atoms with Gasteiger partial charge in [-0.2, -0.15) is 0 Å². The van der Waals surface area contributed by atoms with E-state index in [1.165, 1.54) is 14.1 Å². The first-order valence-corrected chi connectivity index (χ1v) is 9.23. The SMILES string of the molecule is Cc1noc2nc(C3CC3)cc(C(=O)OCC(=O)c3c(N)n(C)c(=O)n(C)c3=O)c12. The number of fused-ring (bicyclic) bond motifs is 1. The van der Waals surface area contributed by atoms with Gasteiger partial charge in [-0.25, -0.2) is 14.6 Å². The minimum atomic E-state index is -0.853. The molecule has 11 nitrogen and oxygen atoms in total. The molecule has 30 heavy (non-hydrogen) atoms. The highest BCUT2D eigenvalue weighted by atomic mass is 16.5. The van der Waals surface area contributed by atoms with Crippen LogP contribution in [0.4, 0.5) is 5.82 Å². The predicted octanol–water partition coefficient (Wildman–Crippen LogP) is 0.428. The number of hydrogen-bond donors (Lipinski definition) is 1. The molecule has 2 N–H and O–H groups in total. The van der Waals surface area contributed by atoms with Crippen molar-refractivity contribution in [2.45, 2.75) is 25.7 Å². The van der Waals surface area contributed by atoms with E-state index in [-0.39, 0.29) is 23.0 Å². The number of carbonyl (C=O) groups is 2. The summed E-state index contributed by atoms with van der Waals surface area (Å²) >= 11 is 0. The Labute approximate surface area is 169 Å². The van der Waals surface area contributed by atoms with E-state index >= 15 is 0 Å². The Hall–Kier alpha value is -3.76. The van der Waals surface area contributed by atoms with Crippen LogP contribution in [-0.2, 0) is 18.8 Å². The number of Topliss-reactive ketones (excluding diaryl/α,β-unsaturated/α-hetero) is 1. The van der Waals surface area contributed by atoms with E-state index in [1.54, 1.807) is 13.0 Å². The van der Waals surface area contributed by atoms with E-state index < -0.39 is 35.2 Å². The van der Waals surface area contributed by atoms with Crippen LogP contribution in [0.3, 0.4) is 0 Å². The van der Waals surface area contributed by atoms with E-state index in [2.05, 4.69) is 10.1 Å². The number of rotatable bonds is 5. The lowest BCUT2D eigenvalue weighted by atomic mass is 10.1. The van der Waals surface area contributed by atoms with Gasteiger partial charge < -0.3 is 15.0 Å². The van der Waals surface area contributed by atoms with Crippen molar-refractivity contribution < 1.29 is 18.8 Å². The molecule has 4 rings (SSSR count). The summed E-state index contributed by atoms with van der Waals surface area (Å²) in [5.74, 6) is -1.63. The number of pyridine rings is 1. The highest BCUT2D eigenvalue weighted by Gasteiger charge is 2.29. The lowest BCUT2D eigenvalue weighted by molar-refractivity contribution is 0.0476. The van der Waals surface area contributed by atoms with Crippen molar-refractivity contribution >= 4 is 28.7 Å². The quantitative estimate of drug-likeness (QED) is 0.463. The molecule has 1 saturated carbocycles. The Balaban J connectivity index is 1.64. The summed E-state index contributed by atoms with van der Waals surface area (Å²) < 4.78 is 12.1. The Kier molecular flexibility index (Phi) is 4.52. The Morgan fingerprint density at radius 3 is 2.63 bits per heavy atom. The molecule has 3 heterocycles. The Morgan fingerprint density at radius 1 is 1.27 bits per heavy atom. The molecule has 3 aromatic heterocycles. The van der Waals surface area contributed by atoms with Gasteiger partial charge in [0, 0.05) is 25.7 Å². The molecule has 0 unspecified atom stereocenters. The van der Waals surface area contributed by atoms with Crippen molar-refractivity contribution in [2.75, 3.05) is 12.3 Å². The fraction of sp³-hybridized carbons (Fsp3) is 0.368. The van der Waals surface area contributed by atoms with Gasteiger partial charge in [-0.1, -0.05) is 5.16 Å². The number of hydrogen-bond acceptors (Lipinski definition) is 9. The number of ether oxygens (including phenoxy) is 1. The fourth-order valence-electron chi connectivity index (χ4n) is 3.27. The molecule has 1 aliphatic rings. The first-order valence-electron chi connectivity index (χ1n) is 9.23. The molecule has 0 aromatic carbocycles. The molecule has 156 valence electrons. The van der Waals surface area contributed by atoms with Crippen molar-refractivity contribution in [3.05, 3.63) is 49.4 Å². The molecule has 0 radical (unpaired) electrons. The number of esters is 1. The molecule has 0 aliphatic heterocycles. The monoisotopic (exact) mass is 413 g/mol. The zero-order valence-corrected chi connectivity index (χ0v) is 16.6. The maximum atomic E-state index is 12.8. The van der Waals surface area contributed by atoms with Crippen molar-refractivity contribution in [3.63, 3.8) is 0 Å². The van der Waals surface area contributed by atoms with Gasteiger partial charge in [-0.15, -0.1) is 0 Å². The third kappa shape index (κ3) is 3.08. The summed E-state index contributed by atoms with van der Waals surface area (Å²) in [6.45, 7) is 0.949. The number of nitrogens with zero attached hydrogens (tertiary/aromatic N) is 4. The minimum absolute atomic E-state index is 0.190. The summed E-state index contributed by atoms with van der Waals surface area (Å²) in [6.07, 6.45) is 1.93. The number of anilines is 1. The highest BCUT2D eigenvalue weighted by Crippen LogP contribution is 2.40. The van der Waals surface area contributed by atoms with Crippen LogP contribution in [-0.4, -0.2) is 37.6 Å². The zero-order chi connectivity index (χ0) is 21.7. The van der Waals surface area contributed by atoms with Crippen LogP contribution in [0.2, 0.25) is 0 Å². The number of aromatic nitrogens is 4. The lowest BCUT2D eigenvalue weighted by Crippen LogP contribution is -2.42. The summed E-state index contributed by atoms with van der Waals surface area (Å²) in [5.41, 5.74) is 5.43. The second kappa shape index (κ2) is 6.94. The standard InChI is InChI=1S/C19H19N5O6/c1-8-13-10(6-11(9-4-5-9)21-16(13)30-22-8)18(27)29-7-12(25)14-15(20)23(2)19(28)24(3)17(14)26/h6,9H,4-5,7,20H2,1-3H3. The molecular weight excluding hydrogens is 394 g/mol. The second-order valence-electron chi connectivity index (χ2n) is 7.28. The van der Waals surface area contributed by atoms with Crippen molar-refractivity contribution in [2.24, 2.45) is 14.1 Å². The maximum Gasteiger partial charge on any atom is 0.339 e. The minimum Gasteiger partial charge on any atom is -0.454 e. The molecule has 0 amide bonds. The topological polar surface area (TPSA) is 152 Å². The third-order valence-corrected chi connectivity index (χ3v) is 5.18. The van der Waals surface area contributed by atoms with Gasteiger partial charge in [0.05, 0.1) is 16.6 Å². The van der Waals surface area contributed by atoms with Crippen LogP contribution in [0.5, 0.6) is 0 Å². The van der Waals surface area contributed by atoms with E-state index in [9.17, 15) is 19.2 Å². The number of nitrogen functional groups attached to an aromatic ring is 1. The van der Waals surface area contributed by atoms with Crippen molar-refractivity contribution in [3.8, 4) is 0 Å². The number of aryl methyl sites for hydroxylation is 1. The largest absolute Gasteiger partial charge is 0.454 e. The van der Waals surface area contributed by atoms with Crippen LogP contribution in [0.1, 0.15) is 50.9 Å². The second-order valence-corrected chi connectivity index (χ2v) is 7.28. The number of carbonyl (C=O) groups excluding carboxylic acids is 2. The van der Waals surface area contributed by atoms with Gasteiger partial charge in [0.2, 0.25) is 5.78 Å². The van der Waals surface area contributed by atoms with Gasteiger partial charge in [-0.3, -0.25) is 18.7 Å². The van der Waals surface area contributed by atoms with Gasteiger partial charge in [0.25, 0.3) is 11.3 Å². The molecule has 3 aromatic rings. The van der Waals surface area contributed by atoms with Crippen LogP contribution >= 0.6 is 0 Å². The van der Waals surface area contributed by atoms with E-state index in [0.717, 1.165) is 22.0 Å². The first kappa shape index (κ1) is 19.6. The highest BCUT2D eigenvalue weighted by molar-refractivity contribution is 6.06. The molecule has 11 heteroatoms. The molecule has 1 fully saturated rings. The predicted molar refractivity (Wildman–Crippen MR) is 104 cm³/mol. The summed E-state index contributed by atoms with van der Waals surface area (Å²) in [6, 6.07) is 1.62. The fourth-order valence-corrected chi connectivity index (χ4v) is 3.27. The van der Waals surface area contributed by atoms with Gasteiger partial charge in [0.1, 0.15) is 11.4 Å². The van der Waals surface area contributed by atoms with Gasteiger partial charge in [-0.05, 0) is 25.8 Å². The van der Waals surface area contributed by atoms with Crippen LogP contribution in [0, 0.1) is 6.92 Å². The van der Waals surface area contributed by atoms with Crippen LogP contribution < -0.4 is 17.0 Å². The normalized spacial score (nSPS) is 13.6. The van der Waals surface area contributed by atoms with E-state index in [1.807, 2.05) is 0 Å². The molecule has 0 spiro atoms. The lowest BCUT2D eigenvalue weighted by Gasteiger charge is -2.11. The summed E-state index contributed by atoms with van der Waals surface area (Å²) in [4.78, 5) is 53.9. The first-order chi connectivity index (χ1) is 14.2. The molecule has 0 bridgehead atoms. The van der Waals surface area contributed by atoms with Gasteiger partial charge in [0.15, 0.2) is 6.61 Å². The van der Waals surface area contributed by atoms with E-state index in [0.29, 0.717) is 16.8 Å². The van der Waals surface area contributed by atoms with Gasteiger partial charge >= 0.3 is 11.7 Å². The molecule has 1 aliphatic carbocycles. The van der Waals surface area contributed by atoms with E-state index in [4.69, 9.17) is 15.0 Å². The Bertz CT molecular complexity index is 1330. The zero-order valence-electron chi connectivity index (χ0n) is 16.6. The van der Waals surface area contributed by atoms with Crippen molar-refractivity contribution in [1.82, 2.24) is 19.3 Å². The van der Waals surface area contributed by atoms with Crippen molar-refractivity contribution in [1.29, 1.82) is 0 Å². The van der Waals surface area contributed by atoms with Crippen LogP contribution in [0.15, 0.2) is 20.2 Å².